The first-order valence-electron chi connectivity index (χ1n) is 6.32. The maximum absolute atomic E-state index is 9.23. The van der Waals surface area contributed by atoms with Crippen molar-refractivity contribution in [1.82, 2.24) is 10.2 Å². The Morgan fingerprint density at radius 3 is 2.19 bits per heavy atom. The van der Waals surface area contributed by atoms with E-state index >= 15 is 0 Å². The van der Waals surface area contributed by atoms with Crippen LogP contribution in [0.5, 0.6) is 0 Å². The fourth-order valence-corrected chi connectivity index (χ4v) is 2.44. The minimum atomic E-state index is -0.406. The van der Waals surface area contributed by atoms with Gasteiger partial charge in [-0.1, -0.05) is 13.8 Å². The van der Waals surface area contributed by atoms with Crippen LogP contribution in [0.2, 0.25) is 0 Å². The SMILES string of the molecule is CCNC(C)(C#N)CC(C)N(CC)C(C)C. The van der Waals surface area contributed by atoms with E-state index in [0.717, 1.165) is 19.5 Å². The Morgan fingerprint density at radius 2 is 1.88 bits per heavy atom. The lowest BCUT2D eigenvalue weighted by Gasteiger charge is -2.35. The van der Waals surface area contributed by atoms with Crippen LogP contribution in [-0.4, -0.2) is 35.6 Å². The Labute approximate surface area is 101 Å². The summed E-state index contributed by atoms with van der Waals surface area (Å²) in [4.78, 5) is 2.42. The van der Waals surface area contributed by atoms with Crippen LogP contribution in [0.4, 0.5) is 0 Å². The minimum absolute atomic E-state index is 0.406. The third-order valence-electron chi connectivity index (χ3n) is 3.11. The standard InChI is InChI=1S/C13H27N3/c1-7-15-13(6,10-14)9-12(5)16(8-2)11(3)4/h11-12,15H,7-9H2,1-6H3. The average molecular weight is 225 g/mol. The van der Waals surface area contributed by atoms with E-state index in [2.05, 4.69) is 44.0 Å². The molecule has 16 heavy (non-hydrogen) atoms. The first kappa shape index (κ1) is 15.4. The van der Waals surface area contributed by atoms with E-state index in [4.69, 9.17) is 0 Å². The normalized spacial score (nSPS) is 17.2. The summed E-state index contributed by atoms with van der Waals surface area (Å²) in [6.07, 6.45) is 0.864. The van der Waals surface area contributed by atoms with Gasteiger partial charge in [0, 0.05) is 12.1 Å². The maximum atomic E-state index is 9.23. The highest BCUT2D eigenvalue weighted by Gasteiger charge is 2.28. The van der Waals surface area contributed by atoms with Crippen LogP contribution >= 0.6 is 0 Å². The van der Waals surface area contributed by atoms with E-state index in [9.17, 15) is 5.26 Å². The van der Waals surface area contributed by atoms with Gasteiger partial charge in [-0.25, -0.2) is 0 Å². The monoisotopic (exact) mass is 225 g/mol. The molecule has 0 aliphatic rings. The smallest absolute Gasteiger partial charge is 0.105 e. The molecule has 0 aliphatic carbocycles. The lowest BCUT2D eigenvalue weighted by atomic mass is 9.94. The van der Waals surface area contributed by atoms with Crippen LogP contribution in [0, 0.1) is 11.3 Å². The van der Waals surface area contributed by atoms with Crippen molar-refractivity contribution >= 4 is 0 Å². The van der Waals surface area contributed by atoms with E-state index in [1.165, 1.54) is 0 Å². The van der Waals surface area contributed by atoms with E-state index in [-0.39, 0.29) is 0 Å². The van der Waals surface area contributed by atoms with Crippen molar-refractivity contribution in [3.05, 3.63) is 0 Å². The zero-order valence-corrected chi connectivity index (χ0v) is 11.7. The van der Waals surface area contributed by atoms with Crippen molar-refractivity contribution in [3.8, 4) is 6.07 Å². The molecule has 0 rings (SSSR count). The second-order valence-electron chi connectivity index (χ2n) is 4.95. The predicted octanol–water partition coefficient (Wildman–Crippen LogP) is 2.39. The lowest BCUT2D eigenvalue weighted by molar-refractivity contribution is 0.147. The average Bonchev–Trinajstić information content (AvgIpc) is 2.18. The van der Waals surface area contributed by atoms with E-state index in [0.29, 0.717) is 12.1 Å². The van der Waals surface area contributed by atoms with Gasteiger partial charge in [-0.3, -0.25) is 10.2 Å². The molecule has 0 heterocycles. The predicted molar refractivity (Wildman–Crippen MR) is 69.3 cm³/mol. The van der Waals surface area contributed by atoms with Crippen LogP contribution in [0.1, 0.15) is 48.0 Å². The molecule has 2 atom stereocenters. The van der Waals surface area contributed by atoms with Crippen molar-refractivity contribution in [1.29, 1.82) is 5.26 Å². The van der Waals surface area contributed by atoms with Gasteiger partial charge < -0.3 is 0 Å². The molecule has 3 heteroatoms. The Hall–Kier alpha value is -0.590. The Balaban J connectivity index is 4.51. The molecule has 0 aromatic carbocycles. The second kappa shape index (κ2) is 6.88. The number of nitriles is 1. The highest BCUT2D eigenvalue weighted by molar-refractivity contribution is 5.05. The molecule has 2 unspecified atom stereocenters. The first-order valence-corrected chi connectivity index (χ1v) is 6.32. The van der Waals surface area contributed by atoms with E-state index in [1.54, 1.807) is 0 Å². The van der Waals surface area contributed by atoms with Crippen molar-refractivity contribution in [2.45, 2.75) is 65.6 Å². The zero-order valence-electron chi connectivity index (χ0n) is 11.7. The topological polar surface area (TPSA) is 39.1 Å². The second-order valence-corrected chi connectivity index (χ2v) is 4.95. The van der Waals surface area contributed by atoms with Gasteiger partial charge in [-0.05, 0) is 47.2 Å². The molecule has 0 radical (unpaired) electrons. The molecular weight excluding hydrogens is 198 g/mol. The summed E-state index contributed by atoms with van der Waals surface area (Å²) in [5.74, 6) is 0. The third kappa shape index (κ3) is 4.51. The van der Waals surface area contributed by atoms with Crippen LogP contribution in [0.3, 0.4) is 0 Å². The van der Waals surface area contributed by atoms with Crippen LogP contribution in [0.15, 0.2) is 0 Å². The minimum Gasteiger partial charge on any atom is -0.300 e. The summed E-state index contributed by atoms with van der Waals surface area (Å²) in [5.41, 5.74) is -0.406. The molecule has 0 saturated carbocycles. The number of nitrogens with one attached hydrogen (secondary N) is 1. The Bertz CT molecular complexity index is 232. The number of rotatable bonds is 7. The number of hydrogen-bond acceptors (Lipinski definition) is 3. The molecule has 0 spiro atoms. The number of nitrogens with zero attached hydrogens (tertiary/aromatic N) is 2. The van der Waals surface area contributed by atoms with Crippen LogP contribution in [-0.2, 0) is 0 Å². The summed E-state index contributed by atoms with van der Waals surface area (Å²) >= 11 is 0. The van der Waals surface area contributed by atoms with Crippen molar-refractivity contribution in [2.24, 2.45) is 0 Å². The molecule has 0 saturated heterocycles. The van der Waals surface area contributed by atoms with Gasteiger partial charge in [0.2, 0.25) is 0 Å². The quantitative estimate of drug-likeness (QED) is 0.723. The highest BCUT2D eigenvalue weighted by Crippen LogP contribution is 2.17. The van der Waals surface area contributed by atoms with E-state index in [1.807, 2.05) is 13.8 Å². The first-order chi connectivity index (χ1) is 7.40. The van der Waals surface area contributed by atoms with Gasteiger partial charge in [0.15, 0.2) is 0 Å². The van der Waals surface area contributed by atoms with Gasteiger partial charge in [-0.2, -0.15) is 5.26 Å². The fourth-order valence-electron chi connectivity index (χ4n) is 2.44. The molecule has 3 nitrogen and oxygen atoms in total. The Morgan fingerprint density at radius 1 is 1.31 bits per heavy atom. The van der Waals surface area contributed by atoms with Gasteiger partial charge >= 0.3 is 0 Å². The summed E-state index contributed by atoms with van der Waals surface area (Å²) in [7, 11) is 0. The van der Waals surface area contributed by atoms with Crippen molar-refractivity contribution in [2.75, 3.05) is 13.1 Å². The molecule has 0 aromatic rings. The van der Waals surface area contributed by atoms with Crippen LogP contribution in [0.25, 0.3) is 0 Å². The lowest BCUT2D eigenvalue weighted by Crippen LogP contribution is -2.48. The van der Waals surface area contributed by atoms with Gasteiger partial charge in [0.25, 0.3) is 0 Å². The summed E-state index contributed by atoms with van der Waals surface area (Å²) in [5, 5.41) is 12.5. The molecule has 0 aromatic heterocycles. The highest BCUT2D eigenvalue weighted by atomic mass is 15.2. The molecule has 0 bridgehead atoms. The molecule has 0 aliphatic heterocycles. The molecule has 0 amide bonds. The summed E-state index contributed by atoms with van der Waals surface area (Å²) in [6.45, 7) is 14.7. The molecule has 0 fully saturated rings. The Kier molecular flexibility index (Phi) is 6.62. The number of hydrogen-bond donors (Lipinski definition) is 1. The molecule has 1 N–H and O–H groups in total. The third-order valence-corrected chi connectivity index (χ3v) is 3.11. The summed E-state index contributed by atoms with van der Waals surface area (Å²) in [6, 6.07) is 3.35. The van der Waals surface area contributed by atoms with Crippen LogP contribution < -0.4 is 5.32 Å². The van der Waals surface area contributed by atoms with Gasteiger partial charge in [-0.15, -0.1) is 0 Å². The van der Waals surface area contributed by atoms with Gasteiger partial charge in [0.05, 0.1) is 6.07 Å². The molecular formula is C13H27N3. The molecule has 94 valence electrons. The fraction of sp³-hybridized carbons (Fsp3) is 0.923. The zero-order chi connectivity index (χ0) is 12.8. The maximum Gasteiger partial charge on any atom is 0.105 e. The van der Waals surface area contributed by atoms with Gasteiger partial charge in [0.1, 0.15) is 5.54 Å². The van der Waals surface area contributed by atoms with Crippen molar-refractivity contribution < 1.29 is 0 Å². The summed E-state index contributed by atoms with van der Waals surface area (Å²) < 4.78 is 0. The largest absolute Gasteiger partial charge is 0.300 e. The van der Waals surface area contributed by atoms with E-state index < -0.39 is 5.54 Å². The van der Waals surface area contributed by atoms with Crippen molar-refractivity contribution in [3.63, 3.8) is 0 Å².